The molecule has 20 heavy (non-hydrogen) atoms. The summed E-state index contributed by atoms with van der Waals surface area (Å²) in [5.74, 6) is -0.334. The van der Waals surface area contributed by atoms with Crippen molar-refractivity contribution < 1.29 is 9.59 Å². The van der Waals surface area contributed by atoms with Gasteiger partial charge in [-0.3, -0.25) is 14.6 Å². The maximum atomic E-state index is 12.2. The smallest absolute Gasteiger partial charge is 0.253 e. The van der Waals surface area contributed by atoms with E-state index in [1.807, 2.05) is 6.92 Å². The average molecular weight is 278 g/mol. The molecule has 0 radical (unpaired) electrons. The third-order valence-corrected chi connectivity index (χ3v) is 2.97. The summed E-state index contributed by atoms with van der Waals surface area (Å²) in [6, 6.07) is 1.65. The number of carbonyl (C=O) groups excluding carboxylic acids is 2. The number of nitrogens with zero attached hydrogens (tertiary/aromatic N) is 1. The molecule has 0 aliphatic heterocycles. The van der Waals surface area contributed by atoms with Gasteiger partial charge < -0.3 is 16.0 Å². The number of hydrogen-bond acceptors (Lipinski definition) is 4. The minimum Gasteiger partial charge on any atom is -0.383 e. The van der Waals surface area contributed by atoms with Crippen LogP contribution >= 0.6 is 0 Å². The van der Waals surface area contributed by atoms with Crippen LogP contribution in [0.3, 0.4) is 0 Å². The quantitative estimate of drug-likeness (QED) is 0.725. The highest BCUT2D eigenvalue weighted by atomic mass is 16.2. The van der Waals surface area contributed by atoms with Crippen molar-refractivity contribution in [3.8, 4) is 0 Å². The second-order valence-corrected chi connectivity index (χ2v) is 5.10. The first-order chi connectivity index (χ1) is 9.42. The molecular weight excluding hydrogens is 256 g/mol. The number of hydrogen-bond donors (Lipinski definition) is 3. The van der Waals surface area contributed by atoms with Crippen LogP contribution < -0.4 is 16.0 Å². The van der Waals surface area contributed by atoms with E-state index in [0.29, 0.717) is 17.8 Å². The summed E-state index contributed by atoms with van der Waals surface area (Å²) in [6.07, 6.45) is 3.18. The highest BCUT2D eigenvalue weighted by Gasteiger charge is 2.27. The SMILES string of the molecule is CCNc1cnccc1C(=O)NCC(C)(C)C(=O)NC. The van der Waals surface area contributed by atoms with Crippen LogP contribution in [0, 0.1) is 5.41 Å². The number of anilines is 1. The molecule has 0 saturated heterocycles. The zero-order chi connectivity index (χ0) is 15.2. The lowest BCUT2D eigenvalue weighted by Crippen LogP contribution is -2.43. The van der Waals surface area contributed by atoms with Crippen LogP contribution in [0.1, 0.15) is 31.1 Å². The van der Waals surface area contributed by atoms with Gasteiger partial charge >= 0.3 is 0 Å². The molecule has 6 heteroatoms. The topological polar surface area (TPSA) is 83.1 Å². The summed E-state index contributed by atoms with van der Waals surface area (Å²) in [5.41, 5.74) is 0.551. The van der Waals surface area contributed by atoms with E-state index < -0.39 is 5.41 Å². The van der Waals surface area contributed by atoms with Crippen LogP contribution in [-0.4, -0.2) is 36.9 Å². The minimum atomic E-state index is -0.657. The Labute approximate surface area is 119 Å². The van der Waals surface area contributed by atoms with Gasteiger partial charge in [-0.05, 0) is 26.8 Å². The molecule has 1 aromatic heterocycles. The van der Waals surface area contributed by atoms with Gasteiger partial charge in [0.15, 0.2) is 0 Å². The lowest BCUT2D eigenvalue weighted by atomic mass is 9.92. The number of nitrogens with one attached hydrogen (secondary N) is 3. The Bertz CT molecular complexity index is 486. The van der Waals surface area contributed by atoms with Gasteiger partial charge in [-0.15, -0.1) is 0 Å². The van der Waals surface area contributed by atoms with Gasteiger partial charge in [0.25, 0.3) is 5.91 Å². The molecule has 1 rings (SSSR count). The Morgan fingerprint density at radius 3 is 2.65 bits per heavy atom. The Morgan fingerprint density at radius 2 is 2.05 bits per heavy atom. The molecule has 3 N–H and O–H groups in total. The van der Waals surface area contributed by atoms with E-state index in [9.17, 15) is 9.59 Å². The van der Waals surface area contributed by atoms with Gasteiger partial charge in [0.1, 0.15) is 0 Å². The van der Waals surface area contributed by atoms with Gasteiger partial charge in [0.05, 0.1) is 22.9 Å². The molecule has 110 valence electrons. The van der Waals surface area contributed by atoms with E-state index in [2.05, 4.69) is 20.9 Å². The maximum absolute atomic E-state index is 12.2. The van der Waals surface area contributed by atoms with Crippen molar-refractivity contribution >= 4 is 17.5 Å². The Morgan fingerprint density at radius 1 is 1.35 bits per heavy atom. The highest BCUT2D eigenvalue weighted by Crippen LogP contribution is 2.16. The van der Waals surface area contributed by atoms with E-state index in [4.69, 9.17) is 0 Å². The van der Waals surface area contributed by atoms with Crippen molar-refractivity contribution in [1.29, 1.82) is 0 Å². The lowest BCUT2D eigenvalue weighted by molar-refractivity contribution is -0.128. The van der Waals surface area contributed by atoms with Crippen LogP contribution in [0.25, 0.3) is 0 Å². The predicted molar refractivity (Wildman–Crippen MR) is 78.6 cm³/mol. The first-order valence-electron chi connectivity index (χ1n) is 6.60. The van der Waals surface area contributed by atoms with E-state index in [0.717, 1.165) is 0 Å². The van der Waals surface area contributed by atoms with Crippen LogP contribution in [-0.2, 0) is 4.79 Å². The molecule has 1 heterocycles. The molecule has 0 aromatic carbocycles. The van der Waals surface area contributed by atoms with Crippen molar-refractivity contribution in [2.45, 2.75) is 20.8 Å². The molecule has 0 aliphatic rings. The Balaban J connectivity index is 2.75. The van der Waals surface area contributed by atoms with Crippen LogP contribution in [0.15, 0.2) is 18.5 Å². The summed E-state index contributed by atoms with van der Waals surface area (Å²) in [6.45, 7) is 6.48. The van der Waals surface area contributed by atoms with Gasteiger partial charge in [-0.25, -0.2) is 0 Å². The van der Waals surface area contributed by atoms with Crippen molar-refractivity contribution in [1.82, 2.24) is 15.6 Å². The number of aromatic nitrogens is 1. The molecule has 2 amide bonds. The number of amides is 2. The third-order valence-electron chi connectivity index (χ3n) is 2.97. The highest BCUT2D eigenvalue weighted by molar-refractivity contribution is 5.99. The standard InChI is InChI=1S/C14H22N4O2/c1-5-17-11-8-16-7-6-10(11)12(19)18-9-14(2,3)13(20)15-4/h6-8,17H,5,9H2,1-4H3,(H,15,20)(H,18,19). The molecule has 0 fully saturated rings. The normalized spacial score (nSPS) is 10.8. The van der Waals surface area contributed by atoms with Crippen LogP contribution in [0.4, 0.5) is 5.69 Å². The van der Waals surface area contributed by atoms with Crippen molar-refractivity contribution in [2.24, 2.45) is 5.41 Å². The molecule has 0 bridgehead atoms. The number of carbonyl (C=O) groups is 2. The second-order valence-electron chi connectivity index (χ2n) is 5.10. The van der Waals surface area contributed by atoms with Gasteiger partial charge in [-0.1, -0.05) is 0 Å². The monoisotopic (exact) mass is 278 g/mol. The average Bonchev–Trinajstić information content (AvgIpc) is 2.45. The summed E-state index contributed by atoms with van der Waals surface area (Å²) in [7, 11) is 1.58. The summed E-state index contributed by atoms with van der Waals surface area (Å²) < 4.78 is 0. The van der Waals surface area contributed by atoms with Crippen LogP contribution in [0.5, 0.6) is 0 Å². The molecular formula is C14H22N4O2. The maximum Gasteiger partial charge on any atom is 0.253 e. The fourth-order valence-electron chi connectivity index (χ4n) is 1.74. The first-order valence-corrected chi connectivity index (χ1v) is 6.60. The van der Waals surface area contributed by atoms with Gasteiger partial charge in [0.2, 0.25) is 5.91 Å². The van der Waals surface area contributed by atoms with E-state index in [-0.39, 0.29) is 18.4 Å². The number of pyridine rings is 1. The first kappa shape index (κ1) is 15.9. The Hall–Kier alpha value is -2.11. The van der Waals surface area contributed by atoms with Crippen molar-refractivity contribution in [3.05, 3.63) is 24.0 Å². The summed E-state index contributed by atoms with van der Waals surface area (Å²) in [5, 5.41) is 8.46. The fourth-order valence-corrected chi connectivity index (χ4v) is 1.74. The van der Waals surface area contributed by atoms with E-state index in [1.54, 1.807) is 39.4 Å². The molecule has 0 saturated carbocycles. The largest absolute Gasteiger partial charge is 0.383 e. The summed E-state index contributed by atoms with van der Waals surface area (Å²) in [4.78, 5) is 27.8. The van der Waals surface area contributed by atoms with Gasteiger partial charge in [-0.2, -0.15) is 0 Å². The van der Waals surface area contributed by atoms with Crippen LogP contribution in [0.2, 0.25) is 0 Å². The second kappa shape index (κ2) is 6.88. The van der Waals surface area contributed by atoms with Gasteiger partial charge in [0, 0.05) is 26.3 Å². The van der Waals surface area contributed by atoms with E-state index >= 15 is 0 Å². The van der Waals surface area contributed by atoms with E-state index in [1.165, 1.54) is 0 Å². The number of rotatable bonds is 6. The zero-order valence-electron chi connectivity index (χ0n) is 12.4. The molecule has 0 spiro atoms. The predicted octanol–water partition coefficient (Wildman–Crippen LogP) is 1.02. The molecule has 6 nitrogen and oxygen atoms in total. The molecule has 0 atom stereocenters. The third kappa shape index (κ3) is 3.94. The summed E-state index contributed by atoms with van der Waals surface area (Å²) >= 11 is 0. The van der Waals surface area contributed by atoms with Crippen molar-refractivity contribution in [2.75, 3.05) is 25.5 Å². The Kier molecular flexibility index (Phi) is 5.49. The molecule has 1 aromatic rings. The minimum absolute atomic E-state index is 0.112. The lowest BCUT2D eigenvalue weighted by Gasteiger charge is -2.23. The zero-order valence-corrected chi connectivity index (χ0v) is 12.4. The molecule has 0 aliphatic carbocycles. The fraction of sp³-hybridized carbons (Fsp3) is 0.500. The molecule has 0 unspecified atom stereocenters. The van der Waals surface area contributed by atoms with Crippen molar-refractivity contribution in [3.63, 3.8) is 0 Å².